The Hall–Kier alpha value is -0.0800. The summed E-state index contributed by atoms with van der Waals surface area (Å²) in [5.74, 6) is 0.778. The fraction of sp³-hybridized carbons (Fsp3) is 1.00. The first kappa shape index (κ1) is 14.3. The zero-order valence-corrected chi connectivity index (χ0v) is 12.4. The highest BCUT2D eigenvalue weighted by molar-refractivity contribution is 4.89. The van der Waals surface area contributed by atoms with Crippen LogP contribution in [0, 0.1) is 11.3 Å². The first-order valence-corrected chi connectivity index (χ1v) is 7.73. The van der Waals surface area contributed by atoms with Gasteiger partial charge in [0.05, 0.1) is 11.7 Å². The second-order valence-corrected chi connectivity index (χ2v) is 7.54. The van der Waals surface area contributed by atoms with Gasteiger partial charge < -0.3 is 9.84 Å². The third kappa shape index (κ3) is 3.71. The van der Waals surface area contributed by atoms with E-state index in [-0.39, 0.29) is 0 Å². The largest absolute Gasteiger partial charge is 0.390 e. The summed E-state index contributed by atoms with van der Waals surface area (Å²) in [6.45, 7) is 7.91. The third-order valence-corrected chi connectivity index (χ3v) is 5.10. The van der Waals surface area contributed by atoms with Crippen LogP contribution >= 0.6 is 0 Å². The van der Waals surface area contributed by atoms with Crippen molar-refractivity contribution in [2.75, 3.05) is 6.61 Å². The summed E-state index contributed by atoms with van der Waals surface area (Å²) in [7, 11) is 0. The highest BCUT2D eigenvalue weighted by Gasteiger charge is 2.37. The zero-order valence-electron chi connectivity index (χ0n) is 12.4. The standard InChI is InChI=1S/C16H30O2/c1-15(2,3)13-6-9-16(17,10-7-13)11-8-14-5-4-12-18-14/h13-14,17H,4-12H2,1-3H3. The van der Waals surface area contributed by atoms with E-state index < -0.39 is 5.60 Å². The van der Waals surface area contributed by atoms with E-state index in [0.29, 0.717) is 11.5 Å². The highest BCUT2D eigenvalue weighted by Crippen LogP contribution is 2.43. The van der Waals surface area contributed by atoms with Crippen molar-refractivity contribution in [2.24, 2.45) is 11.3 Å². The molecule has 0 aromatic heterocycles. The van der Waals surface area contributed by atoms with Crippen LogP contribution in [0.2, 0.25) is 0 Å². The van der Waals surface area contributed by atoms with Crippen LogP contribution in [0.1, 0.15) is 72.1 Å². The van der Waals surface area contributed by atoms with Crippen LogP contribution in [0.15, 0.2) is 0 Å². The average Bonchev–Trinajstić information content (AvgIpc) is 2.79. The summed E-state index contributed by atoms with van der Waals surface area (Å²) in [4.78, 5) is 0. The van der Waals surface area contributed by atoms with Gasteiger partial charge in [-0.1, -0.05) is 20.8 Å². The Morgan fingerprint density at radius 3 is 2.33 bits per heavy atom. The summed E-state index contributed by atoms with van der Waals surface area (Å²) >= 11 is 0. The molecule has 1 heterocycles. The Morgan fingerprint density at radius 2 is 1.83 bits per heavy atom. The van der Waals surface area contributed by atoms with Gasteiger partial charge in [0, 0.05) is 6.61 Å². The molecule has 2 aliphatic rings. The van der Waals surface area contributed by atoms with Crippen molar-refractivity contribution >= 4 is 0 Å². The Morgan fingerprint density at radius 1 is 1.17 bits per heavy atom. The molecule has 2 fully saturated rings. The van der Waals surface area contributed by atoms with E-state index in [1.54, 1.807) is 0 Å². The molecule has 106 valence electrons. The molecule has 0 radical (unpaired) electrons. The van der Waals surface area contributed by atoms with E-state index in [1.807, 2.05) is 0 Å². The summed E-state index contributed by atoms with van der Waals surface area (Å²) in [5, 5.41) is 10.7. The second kappa shape index (κ2) is 5.50. The molecule has 0 amide bonds. The number of hydrogen-bond donors (Lipinski definition) is 1. The molecule has 0 aromatic carbocycles. The van der Waals surface area contributed by atoms with Gasteiger partial charge in [-0.25, -0.2) is 0 Å². The molecule has 1 unspecified atom stereocenters. The molecule has 1 N–H and O–H groups in total. The van der Waals surface area contributed by atoms with Crippen molar-refractivity contribution < 1.29 is 9.84 Å². The minimum absolute atomic E-state index is 0.395. The van der Waals surface area contributed by atoms with Crippen molar-refractivity contribution in [3.63, 3.8) is 0 Å². The fourth-order valence-electron chi connectivity index (χ4n) is 3.57. The highest BCUT2D eigenvalue weighted by atomic mass is 16.5. The van der Waals surface area contributed by atoms with Crippen LogP contribution in [0.4, 0.5) is 0 Å². The minimum atomic E-state index is -0.395. The maximum Gasteiger partial charge on any atom is 0.0649 e. The van der Waals surface area contributed by atoms with Gasteiger partial charge >= 0.3 is 0 Å². The fourth-order valence-corrected chi connectivity index (χ4v) is 3.57. The Balaban J connectivity index is 1.76. The molecule has 1 aliphatic heterocycles. The molecule has 0 aromatic rings. The second-order valence-electron chi connectivity index (χ2n) is 7.54. The third-order valence-electron chi connectivity index (χ3n) is 5.10. The molecule has 2 rings (SSSR count). The molecule has 1 aliphatic carbocycles. The van der Waals surface area contributed by atoms with Gasteiger partial charge in [-0.15, -0.1) is 0 Å². The predicted octanol–water partition coefficient (Wildman–Crippen LogP) is 3.91. The topological polar surface area (TPSA) is 29.5 Å². The number of rotatable bonds is 3. The van der Waals surface area contributed by atoms with Crippen molar-refractivity contribution in [1.82, 2.24) is 0 Å². The van der Waals surface area contributed by atoms with E-state index in [4.69, 9.17) is 4.74 Å². The van der Waals surface area contributed by atoms with Crippen molar-refractivity contribution in [3.8, 4) is 0 Å². The molecular formula is C16H30O2. The molecule has 18 heavy (non-hydrogen) atoms. The van der Waals surface area contributed by atoms with Crippen LogP contribution in [0.25, 0.3) is 0 Å². The van der Waals surface area contributed by atoms with Crippen LogP contribution in [0.3, 0.4) is 0 Å². The monoisotopic (exact) mass is 254 g/mol. The minimum Gasteiger partial charge on any atom is -0.390 e. The quantitative estimate of drug-likeness (QED) is 0.827. The Labute approximate surface area is 112 Å². The van der Waals surface area contributed by atoms with E-state index in [0.717, 1.165) is 38.2 Å². The maximum absolute atomic E-state index is 10.7. The number of ether oxygens (including phenoxy) is 1. The van der Waals surface area contributed by atoms with Crippen LogP contribution in [0.5, 0.6) is 0 Å². The number of aliphatic hydroxyl groups is 1. The van der Waals surface area contributed by atoms with Crippen molar-refractivity contribution in [2.45, 2.75) is 83.8 Å². The Bertz CT molecular complexity index is 253. The molecule has 1 saturated carbocycles. The molecule has 2 heteroatoms. The van der Waals surface area contributed by atoms with Gasteiger partial charge in [-0.2, -0.15) is 0 Å². The smallest absolute Gasteiger partial charge is 0.0649 e. The molecule has 2 nitrogen and oxygen atoms in total. The van der Waals surface area contributed by atoms with Crippen LogP contribution in [-0.2, 0) is 4.74 Å². The first-order valence-electron chi connectivity index (χ1n) is 7.73. The zero-order chi connectivity index (χ0) is 13.2. The van der Waals surface area contributed by atoms with Crippen molar-refractivity contribution in [3.05, 3.63) is 0 Å². The molecule has 1 atom stereocenters. The summed E-state index contributed by atoms with van der Waals surface area (Å²) in [5.41, 5.74) is 0.00357. The van der Waals surface area contributed by atoms with Crippen LogP contribution < -0.4 is 0 Å². The van der Waals surface area contributed by atoms with E-state index in [9.17, 15) is 5.11 Å². The summed E-state index contributed by atoms with van der Waals surface area (Å²) in [6.07, 6.45) is 9.16. The van der Waals surface area contributed by atoms with Gasteiger partial charge in [0.1, 0.15) is 0 Å². The predicted molar refractivity (Wildman–Crippen MR) is 74.6 cm³/mol. The molecule has 1 saturated heterocycles. The van der Waals surface area contributed by atoms with E-state index in [1.165, 1.54) is 25.7 Å². The lowest BCUT2D eigenvalue weighted by atomic mass is 9.67. The molecule has 0 spiro atoms. The Kier molecular flexibility index (Phi) is 4.38. The van der Waals surface area contributed by atoms with Gasteiger partial charge in [0.15, 0.2) is 0 Å². The maximum atomic E-state index is 10.7. The normalized spacial score (nSPS) is 38.0. The molecular weight excluding hydrogens is 224 g/mol. The van der Waals surface area contributed by atoms with Gasteiger partial charge in [-0.3, -0.25) is 0 Å². The number of hydrogen-bond acceptors (Lipinski definition) is 2. The summed E-state index contributed by atoms with van der Waals surface area (Å²) in [6, 6.07) is 0. The average molecular weight is 254 g/mol. The summed E-state index contributed by atoms with van der Waals surface area (Å²) < 4.78 is 5.65. The lowest BCUT2D eigenvalue weighted by Gasteiger charge is -2.41. The lowest BCUT2D eigenvalue weighted by Crippen LogP contribution is -2.38. The van der Waals surface area contributed by atoms with Crippen molar-refractivity contribution in [1.29, 1.82) is 0 Å². The SMILES string of the molecule is CC(C)(C)C1CCC(O)(CCC2CCCO2)CC1. The van der Waals surface area contributed by atoms with Gasteiger partial charge in [0.2, 0.25) is 0 Å². The first-order chi connectivity index (χ1) is 8.39. The van der Waals surface area contributed by atoms with Gasteiger partial charge in [0.25, 0.3) is 0 Å². The van der Waals surface area contributed by atoms with E-state index >= 15 is 0 Å². The van der Waals surface area contributed by atoms with Crippen LogP contribution in [-0.4, -0.2) is 23.4 Å². The molecule has 0 bridgehead atoms. The van der Waals surface area contributed by atoms with E-state index in [2.05, 4.69) is 20.8 Å². The van der Waals surface area contributed by atoms with Gasteiger partial charge in [-0.05, 0) is 62.7 Å². The lowest BCUT2D eigenvalue weighted by molar-refractivity contribution is -0.0413.